The van der Waals surface area contributed by atoms with E-state index in [1.807, 2.05) is 42.5 Å². The fraction of sp³-hybridized carbons (Fsp3) is 0.200. The van der Waals surface area contributed by atoms with Crippen LogP contribution in [0.5, 0.6) is 0 Å². The molecule has 2 rings (SSSR count). The van der Waals surface area contributed by atoms with E-state index in [9.17, 15) is 0 Å². The van der Waals surface area contributed by atoms with E-state index in [1.165, 1.54) is 0 Å². The lowest BCUT2D eigenvalue weighted by Crippen LogP contribution is -2.04. The van der Waals surface area contributed by atoms with E-state index >= 15 is 0 Å². The number of hydrogen-bond acceptors (Lipinski definition) is 2. The van der Waals surface area contributed by atoms with Crippen molar-refractivity contribution in [1.82, 2.24) is 0 Å². The minimum Gasteiger partial charge on any atom is -0.381 e. The van der Waals surface area contributed by atoms with Crippen LogP contribution in [0, 0.1) is 0 Å². The van der Waals surface area contributed by atoms with Crippen LogP contribution in [0.2, 0.25) is 10.0 Å². The van der Waals surface area contributed by atoms with Gasteiger partial charge in [0.15, 0.2) is 0 Å². The van der Waals surface area contributed by atoms with Gasteiger partial charge in [-0.05, 0) is 18.2 Å². The molecule has 0 aliphatic rings. The number of halogens is 2. The number of ether oxygens (including phenoxy) is 1. The van der Waals surface area contributed by atoms with Crippen LogP contribution in [-0.2, 0) is 17.9 Å². The maximum Gasteiger partial charge on any atom is 0.0733 e. The van der Waals surface area contributed by atoms with E-state index in [0.29, 0.717) is 23.2 Å². The number of benzene rings is 2. The van der Waals surface area contributed by atoms with Crippen LogP contribution < -0.4 is 5.32 Å². The first-order valence-corrected chi connectivity index (χ1v) is 6.71. The van der Waals surface area contributed by atoms with Gasteiger partial charge in [0.2, 0.25) is 0 Å². The van der Waals surface area contributed by atoms with Gasteiger partial charge in [-0.3, -0.25) is 0 Å². The van der Waals surface area contributed by atoms with Gasteiger partial charge < -0.3 is 10.1 Å². The summed E-state index contributed by atoms with van der Waals surface area (Å²) in [6.07, 6.45) is 0. The maximum atomic E-state index is 6.15. The molecule has 0 fully saturated rings. The molecule has 2 aromatic carbocycles. The molecule has 0 aliphatic carbocycles. The second-order valence-corrected chi connectivity index (χ2v) is 4.96. The fourth-order valence-electron chi connectivity index (χ4n) is 1.86. The Kier molecular flexibility index (Phi) is 5.08. The van der Waals surface area contributed by atoms with Gasteiger partial charge in [-0.1, -0.05) is 47.5 Å². The van der Waals surface area contributed by atoms with Gasteiger partial charge in [-0.25, -0.2) is 0 Å². The normalized spacial score (nSPS) is 10.5. The summed E-state index contributed by atoms with van der Waals surface area (Å²) < 4.78 is 5.18. The third kappa shape index (κ3) is 3.63. The quantitative estimate of drug-likeness (QED) is 0.859. The highest BCUT2D eigenvalue weighted by Gasteiger charge is 2.06. The molecule has 0 aromatic heterocycles. The Morgan fingerprint density at radius 1 is 1.00 bits per heavy atom. The molecule has 1 N–H and O–H groups in total. The van der Waals surface area contributed by atoms with Crippen LogP contribution in [0.25, 0.3) is 0 Å². The van der Waals surface area contributed by atoms with E-state index in [1.54, 1.807) is 7.11 Å². The topological polar surface area (TPSA) is 21.3 Å². The molecule has 0 saturated carbocycles. The smallest absolute Gasteiger partial charge is 0.0733 e. The summed E-state index contributed by atoms with van der Waals surface area (Å²) in [4.78, 5) is 0. The number of methoxy groups -OCH3 is 1. The van der Waals surface area contributed by atoms with Crippen molar-refractivity contribution in [3.63, 3.8) is 0 Å². The van der Waals surface area contributed by atoms with Crippen molar-refractivity contribution in [2.75, 3.05) is 12.4 Å². The monoisotopic (exact) mass is 295 g/mol. The predicted octanol–water partition coefficient (Wildman–Crippen LogP) is 4.75. The second-order valence-electron chi connectivity index (χ2n) is 4.14. The van der Waals surface area contributed by atoms with Crippen molar-refractivity contribution < 1.29 is 4.74 Å². The summed E-state index contributed by atoms with van der Waals surface area (Å²) in [6, 6.07) is 13.5. The number of para-hydroxylation sites is 1. The van der Waals surface area contributed by atoms with Crippen LogP contribution in [0.3, 0.4) is 0 Å². The Labute approximate surface area is 123 Å². The largest absolute Gasteiger partial charge is 0.381 e. The third-order valence-corrected chi connectivity index (χ3v) is 3.54. The summed E-state index contributed by atoms with van der Waals surface area (Å²) in [7, 11) is 1.68. The SMILES string of the molecule is COCc1ccccc1NCc1c(Cl)cccc1Cl. The molecule has 4 heteroatoms. The first kappa shape index (κ1) is 14.2. The summed E-state index contributed by atoms with van der Waals surface area (Å²) in [5.74, 6) is 0. The highest BCUT2D eigenvalue weighted by molar-refractivity contribution is 6.36. The zero-order valence-electron chi connectivity index (χ0n) is 10.6. The standard InChI is InChI=1S/C15H15Cl2NO/c1-19-10-11-5-2-3-8-15(11)18-9-12-13(16)6-4-7-14(12)17/h2-8,18H,9-10H2,1H3. The number of hydrogen-bond donors (Lipinski definition) is 1. The fourth-order valence-corrected chi connectivity index (χ4v) is 2.39. The van der Waals surface area contributed by atoms with Crippen molar-refractivity contribution in [2.45, 2.75) is 13.2 Å². The Hall–Kier alpha value is -1.22. The van der Waals surface area contributed by atoms with Gasteiger partial charge in [0.25, 0.3) is 0 Å². The van der Waals surface area contributed by atoms with E-state index in [-0.39, 0.29) is 0 Å². The molecular formula is C15H15Cl2NO. The van der Waals surface area contributed by atoms with Gasteiger partial charge in [0, 0.05) is 40.5 Å². The molecule has 0 radical (unpaired) electrons. The molecule has 0 amide bonds. The van der Waals surface area contributed by atoms with Gasteiger partial charge in [0.05, 0.1) is 6.61 Å². The van der Waals surface area contributed by atoms with Crippen LogP contribution in [0.4, 0.5) is 5.69 Å². The highest BCUT2D eigenvalue weighted by atomic mass is 35.5. The molecule has 0 spiro atoms. The van der Waals surface area contributed by atoms with Gasteiger partial charge in [-0.15, -0.1) is 0 Å². The van der Waals surface area contributed by atoms with Gasteiger partial charge in [-0.2, -0.15) is 0 Å². The minimum absolute atomic E-state index is 0.569. The Balaban J connectivity index is 2.15. The van der Waals surface area contributed by atoms with E-state index in [0.717, 1.165) is 16.8 Å². The Morgan fingerprint density at radius 2 is 1.68 bits per heavy atom. The zero-order chi connectivity index (χ0) is 13.7. The zero-order valence-corrected chi connectivity index (χ0v) is 12.1. The van der Waals surface area contributed by atoms with Crippen molar-refractivity contribution in [3.05, 3.63) is 63.6 Å². The summed E-state index contributed by atoms with van der Waals surface area (Å²) in [5, 5.41) is 4.69. The first-order valence-electron chi connectivity index (χ1n) is 5.96. The average molecular weight is 296 g/mol. The molecule has 0 bridgehead atoms. The summed E-state index contributed by atoms with van der Waals surface area (Å²) in [5.41, 5.74) is 3.03. The molecule has 100 valence electrons. The Bertz CT molecular complexity index is 537. The van der Waals surface area contributed by atoms with Crippen molar-refractivity contribution in [1.29, 1.82) is 0 Å². The molecule has 0 atom stereocenters. The van der Waals surface area contributed by atoms with Gasteiger partial charge in [0.1, 0.15) is 0 Å². The third-order valence-electron chi connectivity index (χ3n) is 2.83. The molecular weight excluding hydrogens is 281 g/mol. The maximum absolute atomic E-state index is 6.15. The van der Waals surface area contributed by atoms with E-state index in [4.69, 9.17) is 27.9 Å². The average Bonchev–Trinajstić information content (AvgIpc) is 2.40. The number of rotatable bonds is 5. The number of nitrogens with one attached hydrogen (secondary N) is 1. The molecule has 2 aromatic rings. The second kappa shape index (κ2) is 6.80. The number of anilines is 1. The van der Waals surface area contributed by atoms with E-state index < -0.39 is 0 Å². The lowest BCUT2D eigenvalue weighted by atomic mass is 10.1. The molecule has 19 heavy (non-hydrogen) atoms. The molecule has 0 heterocycles. The highest BCUT2D eigenvalue weighted by Crippen LogP contribution is 2.26. The van der Waals surface area contributed by atoms with Gasteiger partial charge >= 0.3 is 0 Å². The summed E-state index contributed by atoms with van der Waals surface area (Å²) in [6.45, 7) is 1.15. The molecule has 2 nitrogen and oxygen atoms in total. The molecule has 0 saturated heterocycles. The van der Waals surface area contributed by atoms with Crippen LogP contribution in [0.1, 0.15) is 11.1 Å². The lowest BCUT2D eigenvalue weighted by molar-refractivity contribution is 0.185. The lowest BCUT2D eigenvalue weighted by Gasteiger charge is -2.13. The van der Waals surface area contributed by atoms with E-state index in [2.05, 4.69) is 5.32 Å². The van der Waals surface area contributed by atoms with Crippen LogP contribution in [-0.4, -0.2) is 7.11 Å². The summed E-state index contributed by atoms with van der Waals surface area (Å²) >= 11 is 12.3. The predicted molar refractivity (Wildman–Crippen MR) is 80.9 cm³/mol. The van der Waals surface area contributed by atoms with Crippen molar-refractivity contribution in [3.8, 4) is 0 Å². The van der Waals surface area contributed by atoms with Crippen LogP contribution >= 0.6 is 23.2 Å². The van der Waals surface area contributed by atoms with Crippen LogP contribution in [0.15, 0.2) is 42.5 Å². The Morgan fingerprint density at radius 3 is 2.37 bits per heavy atom. The van der Waals surface area contributed by atoms with Crippen molar-refractivity contribution in [2.24, 2.45) is 0 Å². The molecule has 0 unspecified atom stereocenters. The minimum atomic E-state index is 0.569. The molecule has 0 aliphatic heterocycles. The first-order chi connectivity index (χ1) is 9.22. The van der Waals surface area contributed by atoms with Crippen molar-refractivity contribution >= 4 is 28.9 Å².